The molecule has 2 fully saturated rings. The lowest BCUT2D eigenvalue weighted by atomic mass is 9.70. The van der Waals surface area contributed by atoms with Crippen LogP contribution in [-0.4, -0.2) is 44.2 Å². The fraction of sp³-hybridized carbons (Fsp3) is 1.00. The van der Waals surface area contributed by atoms with Gasteiger partial charge in [0, 0.05) is 19.3 Å². The number of hydrogen-bond donors (Lipinski definition) is 1. The van der Waals surface area contributed by atoms with Crippen molar-refractivity contribution < 1.29 is 22.6 Å². The minimum atomic E-state index is -4.23. The maximum atomic E-state index is 12.1. The van der Waals surface area contributed by atoms with Crippen molar-refractivity contribution in [3.63, 3.8) is 0 Å². The lowest BCUT2D eigenvalue weighted by Gasteiger charge is -2.49. The predicted molar refractivity (Wildman–Crippen MR) is 74.2 cm³/mol. The molecule has 1 heterocycles. The highest BCUT2D eigenvalue weighted by Gasteiger charge is 2.44. The molecule has 0 aromatic heterocycles. The van der Waals surface area contributed by atoms with Crippen molar-refractivity contribution in [2.45, 2.75) is 63.3 Å². The van der Waals surface area contributed by atoms with Crippen molar-refractivity contribution in [3.8, 4) is 0 Å². The van der Waals surface area contributed by atoms with Crippen LogP contribution in [0, 0.1) is 5.92 Å². The second-order valence-electron chi connectivity index (χ2n) is 6.26. The van der Waals surface area contributed by atoms with Crippen molar-refractivity contribution >= 4 is 0 Å². The molecule has 2 rings (SSSR count). The third kappa shape index (κ3) is 5.11. The van der Waals surface area contributed by atoms with Crippen LogP contribution in [0.3, 0.4) is 0 Å². The summed E-state index contributed by atoms with van der Waals surface area (Å²) in [6.07, 6.45) is 1.91. The van der Waals surface area contributed by atoms with E-state index >= 15 is 0 Å². The lowest BCUT2D eigenvalue weighted by molar-refractivity contribution is -0.175. The average molecular weight is 309 g/mol. The van der Waals surface area contributed by atoms with Gasteiger partial charge in [0.1, 0.15) is 6.61 Å². The molecule has 1 saturated carbocycles. The van der Waals surface area contributed by atoms with Crippen LogP contribution in [-0.2, 0) is 9.47 Å². The minimum absolute atomic E-state index is 0.0728. The van der Waals surface area contributed by atoms with Gasteiger partial charge in [-0.3, -0.25) is 0 Å². The highest BCUT2D eigenvalue weighted by molar-refractivity contribution is 4.96. The van der Waals surface area contributed by atoms with Crippen LogP contribution in [0.25, 0.3) is 0 Å². The third-order valence-corrected chi connectivity index (χ3v) is 4.67. The summed E-state index contributed by atoms with van der Waals surface area (Å²) in [7, 11) is 0. The predicted octanol–water partition coefficient (Wildman–Crippen LogP) is 3.28. The highest BCUT2D eigenvalue weighted by Crippen LogP contribution is 2.45. The summed E-state index contributed by atoms with van der Waals surface area (Å²) >= 11 is 0. The van der Waals surface area contributed by atoms with Gasteiger partial charge in [-0.2, -0.15) is 13.2 Å². The second-order valence-corrected chi connectivity index (χ2v) is 6.26. The summed E-state index contributed by atoms with van der Waals surface area (Å²) in [6, 6.07) is 0.226. The molecule has 3 nitrogen and oxygen atoms in total. The molecule has 1 N–H and O–H groups in total. The molecular formula is C15H26F3NO2. The third-order valence-electron chi connectivity index (χ3n) is 4.67. The number of ether oxygens (including phenoxy) is 2. The van der Waals surface area contributed by atoms with Crippen LogP contribution in [0.5, 0.6) is 0 Å². The van der Waals surface area contributed by atoms with E-state index in [0.717, 1.165) is 38.8 Å². The van der Waals surface area contributed by atoms with Gasteiger partial charge in [0.25, 0.3) is 0 Å². The van der Waals surface area contributed by atoms with Crippen LogP contribution in [0.4, 0.5) is 13.2 Å². The van der Waals surface area contributed by atoms with E-state index in [1.165, 1.54) is 6.42 Å². The Morgan fingerprint density at radius 1 is 1.38 bits per heavy atom. The molecule has 1 spiro atoms. The van der Waals surface area contributed by atoms with Gasteiger partial charge in [-0.15, -0.1) is 0 Å². The molecule has 2 aliphatic rings. The summed E-state index contributed by atoms with van der Waals surface area (Å²) in [5, 5.41) is 3.42. The lowest BCUT2D eigenvalue weighted by Crippen LogP contribution is -2.50. The van der Waals surface area contributed by atoms with E-state index < -0.39 is 12.8 Å². The number of halogens is 3. The molecule has 2 unspecified atom stereocenters. The van der Waals surface area contributed by atoms with E-state index in [4.69, 9.17) is 9.47 Å². The first kappa shape index (κ1) is 17.0. The maximum Gasteiger partial charge on any atom is 0.411 e. The van der Waals surface area contributed by atoms with Crippen molar-refractivity contribution in [2.75, 3.05) is 26.4 Å². The monoisotopic (exact) mass is 309 g/mol. The van der Waals surface area contributed by atoms with Gasteiger partial charge in [0.2, 0.25) is 0 Å². The molecule has 1 saturated heterocycles. The van der Waals surface area contributed by atoms with Crippen molar-refractivity contribution in [2.24, 2.45) is 5.92 Å². The quantitative estimate of drug-likeness (QED) is 0.732. The molecule has 0 radical (unpaired) electrons. The van der Waals surface area contributed by atoms with Gasteiger partial charge in [-0.25, -0.2) is 0 Å². The first-order chi connectivity index (χ1) is 9.94. The molecular weight excluding hydrogens is 283 g/mol. The van der Waals surface area contributed by atoms with E-state index in [0.29, 0.717) is 12.3 Å². The molecule has 21 heavy (non-hydrogen) atoms. The fourth-order valence-electron chi connectivity index (χ4n) is 3.49. The zero-order valence-electron chi connectivity index (χ0n) is 12.7. The normalized spacial score (nSPS) is 26.6. The molecule has 0 aromatic rings. The molecule has 0 amide bonds. The topological polar surface area (TPSA) is 30.5 Å². The second kappa shape index (κ2) is 7.29. The molecule has 0 bridgehead atoms. The number of hydrogen-bond acceptors (Lipinski definition) is 3. The van der Waals surface area contributed by atoms with Crippen molar-refractivity contribution in [3.05, 3.63) is 0 Å². The summed E-state index contributed by atoms with van der Waals surface area (Å²) in [4.78, 5) is 0. The van der Waals surface area contributed by atoms with Gasteiger partial charge < -0.3 is 14.8 Å². The Morgan fingerprint density at radius 3 is 2.71 bits per heavy atom. The zero-order chi connectivity index (χ0) is 15.3. The van der Waals surface area contributed by atoms with Crippen LogP contribution in [0.2, 0.25) is 0 Å². The van der Waals surface area contributed by atoms with Crippen LogP contribution < -0.4 is 5.32 Å². The molecule has 124 valence electrons. The minimum Gasteiger partial charge on any atom is -0.375 e. The van der Waals surface area contributed by atoms with Crippen LogP contribution in [0.15, 0.2) is 0 Å². The Balaban J connectivity index is 1.77. The first-order valence-corrected chi connectivity index (χ1v) is 7.96. The molecule has 1 aliphatic carbocycles. The summed E-state index contributed by atoms with van der Waals surface area (Å²) in [5.41, 5.74) is 0.0728. The Bertz CT molecular complexity index is 319. The van der Waals surface area contributed by atoms with Gasteiger partial charge >= 0.3 is 6.18 Å². The number of rotatable bonds is 7. The van der Waals surface area contributed by atoms with Crippen molar-refractivity contribution in [1.29, 1.82) is 0 Å². The van der Waals surface area contributed by atoms with Crippen molar-refractivity contribution in [1.82, 2.24) is 5.32 Å². The van der Waals surface area contributed by atoms with Gasteiger partial charge in [0.15, 0.2) is 0 Å². The molecule has 6 heteroatoms. The van der Waals surface area contributed by atoms with Gasteiger partial charge in [-0.1, -0.05) is 6.92 Å². The van der Waals surface area contributed by atoms with Crippen LogP contribution >= 0.6 is 0 Å². The van der Waals surface area contributed by atoms with E-state index in [1.807, 2.05) is 6.92 Å². The Hall–Kier alpha value is -0.330. The molecule has 0 aromatic carbocycles. The molecule has 2 atom stereocenters. The Morgan fingerprint density at radius 2 is 2.14 bits per heavy atom. The van der Waals surface area contributed by atoms with E-state index in [9.17, 15) is 13.2 Å². The van der Waals surface area contributed by atoms with Crippen LogP contribution in [0.1, 0.15) is 45.4 Å². The SMILES string of the molecule is CCNC(CCOCC(F)(F)F)C1CCOC2(CCC2)C1. The number of alkyl halides is 3. The Labute approximate surface area is 124 Å². The average Bonchev–Trinajstić information content (AvgIpc) is 2.39. The Kier molecular flexibility index (Phi) is 5.91. The highest BCUT2D eigenvalue weighted by atomic mass is 19.4. The van der Waals surface area contributed by atoms with Gasteiger partial charge in [-0.05, 0) is 51.0 Å². The standard InChI is InChI=1S/C15H26F3NO2/c1-2-19-13(5-8-20-11-15(16,17)18)12-4-9-21-14(10-12)6-3-7-14/h12-13,19H,2-11H2,1H3. The zero-order valence-corrected chi connectivity index (χ0v) is 12.7. The van der Waals surface area contributed by atoms with E-state index in [2.05, 4.69) is 5.32 Å². The maximum absolute atomic E-state index is 12.1. The van der Waals surface area contributed by atoms with Gasteiger partial charge in [0.05, 0.1) is 5.60 Å². The summed E-state index contributed by atoms with van der Waals surface area (Å²) in [5.74, 6) is 0.480. The molecule has 1 aliphatic heterocycles. The van der Waals surface area contributed by atoms with E-state index in [1.54, 1.807) is 0 Å². The van der Waals surface area contributed by atoms with E-state index in [-0.39, 0.29) is 18.2 Å². The first-order valence-electron chi connectivity index (χ1n) is 7.96. The number of nitrogens with one attached hydrogen (secondary N) is 1. The summed E-state index contributed by atoms with van der Waals surface area (Å²) < 4.78 is 46.9. The summed E-state index contributed by atoms with van der Waals surface area (Å²) in [6.45, 7) is 2.64. The largest absolute Gasteiger partial charge is 0.411 e. The fourth-order valence-corrected chi connectivity index (χ4v) is 3.49. The smallest absolute Gasteiger partial charge is 0.375 e.